The second-order valence-electron chi connectivity index (χ2n) is 6.36. The quantitative estimate of drug-likeness (QED) is 0.680. The van der Waals surface area contributed by atoms with Gasteiger partial charge in [-0.1, -0.05) is 23.4 Å². The Kier molecular flexibility index (Phi) is 4.44. The monoisotopic (exact) mass is 371 g/mol. The van der Waals surface area contributed by atoms with E-state index >= 15 is 0 Å². The fraction of sp³-hybridized carbons (Fsp3) is 0.333. The van der Waals surface area contributed by atoms with Crippen LogP contribution in [0, 0.1) is 5.82 Å². The summed E-state index contributed by atoms with van der Waals surface area (Å²) in [5.41, 5.74) is 2.71. The van der Waals surface area contributed by atoms with Crippen molar-refractivity contribution in [3.63, 3.8) is 0 Å². The molecule has 0 saturated heterocycles. The summed E-state index contributed by atoms with van der Waals surface area (Å²) in [6.45, 7) is 1.02. The standard InChI is InChI=1S/C18H18FN5O3/c1-23-14-9-24(16(25)7-11-5-3-4-6-13(11)19)8-12(14)17(21-23)18-20-15(10-26-2)22-27-18/h3-6H,7-10H2,1-2H3. The molecular weight excluding hydrogens is 353 g/mol. The van der Waals surface area contributed by atoms with Crippen molar-refractivity contribution < 1.29 is 18.4 Å². The smallest absolute Gasteiger partial charge is 0.278 e. The van der Waals surface area contributed by atoms with E-state index in [0.717, 1.165) is 11.3 Å². The highest BCUT2D eigenvalue weighted by atomic mass is 19.1. The summed E-state index contributed by atoms with van der Waals surface area (Å²) >= 11 is 0. The first-order valence-electron chi connectivity index (χ1n) is 8.44. The van der Waals surface area contributed by atoms with Gasteiger partial charge in [-0.15, -0.1) is 0 Å². The molecule has 3 heterocycles. The van der Waals surface area contributed by atoms with Crippen molar-refractivity contribution in [1.29, 1.82) is 0 Å². The average Bonchev–Trinajstić information content (AvgIpc) is 3.34. The van der Waals surface area contributed by atoms with E-state index in [9.17, 15) is 9.18 Å². The van der Waals surface area contributed by atoms with Crippen molar-refractivity contribution in [2.75, 3.05) is 7.11 Å². The fourth-order valence-electron chi connectivity index (χ4n) is 3.20. The van der Waals surface area contributed by atoms with E-state index in [-0.39, 0.29) is 24.8 Å². The zero-order valence-electron chi connectivity index (χ0n) is 15.0. The maximum Gasteiger partial charge on any atom is 0.278 e. The number of fused-ring (bicyclic) bond motifs is 1. The van der Waals surface area contributed by atoms with Crippen LogP contribution < -0.4 is 0 Å². The van der Waals surface area contributed by atoms with Crippen molar-refractivity contribution in [1.82, 2.24) is 24.8 Å². The number of rotatable bonds is 5. The molecule has 0 spiro atoms. The number of ether oxygens (including phenoxy) is 1. The molecule has 140 valence electrons. The highest BCUT2D eigenvalue weighted by molar-refractivity contribution is 5.80. The SMILES string of the molecule is COCc1noc(-c2nn(C)c3c2CN(C(=O)Cc2ccccc2F)C3)n1. The molecule has 0 N–H and O–H groups in total. The predicted molar refractivity (Wildman–Crippen MR) is 91.6 cm³/mol. The van der Waals surface area contributed by atoms with Crippen LogP contribution in [-0.4, -0.2) is 37.8 Å². The Morgan fingerprint density at radius 1 is 1.33 bits per heavy atom. The van der Waals surface area contributed by atoms with Gasteiger partial charge < -0.3 is 14.2 Å². The van der Waals surface area contributed by atoms with Crippen LogP contribution >= 0.6 is 0 Å². The summed E-state index contributed by atoms with van der Waals surface area (Å²) in [6, 6.07) is 6.31. The first kappa shape index (κ1) is 17.3. The normalized spacial score (nSPS) is 13.2. The maximum atomic E-state index is 13.8. The van der Waals surface area contributed by atoms with Gasteiger partial charge >= 0.3 is 0 Å². The van der Waals surface area contributed by atoms with E-state index in [4.69, 9.17) is 9.26 Å². The number of benzene rings is 1. The van der Waals surface area contributed by atoms with Crippen LogP contribution in [0.1, 0.15) is 22.6 Å². The molecule has 0 fully saturated rings. The molecule has 1 aliphatic heterocycles. The van der Waals surface area contributed by atoms with Crippen LogP contribution in [0.3, 0.4) is 0 Å². The Balaban J connectivity index is 1.55. The fourth-order valence-corrected chi connectivity index (χ4v) is 3.20. The van der Waals surface area contributed by atoms with Crippen molar-refractivity contribution in [3.8, 4) is 11.6 Å². The van der Waals surface area contributed by atoms with Gasteiger partial charge in [-0.2, -0.15) is 10.1 Å². The van der Waals surface area contributed by atoms with E-state index in [1.54, 1.807) is 41.9 Å². The lowest BCUT2D eigenvalue weighted by Crippen LogP contribution is -2.28. The third-order valence-electron chi connectivity index (χ3n) is 4.56. The first-order chi connectivity index (χ1) is 13.1. The number of amides is 1. The highest BCUT2D eigenvalue weighted by Gasteiger charge is 2.32. The van der Waals surface area contributed by atoms with E-state index < -0.39 is 0 Å². The van der Waals surface area contributed by atoms with Crippen LogP contribution in [0.2, 0.25) is 0 Å². The highest BCUT2D eigenvalue weighted by Crippen LogP contribution is 2.31. The van der Waals surface area contributed by atoms with Crippen LogP contribution in [-0.2, 0) is 42.7 Å². The molecule has 0 atom stereocenters. The van der Waals surface area contributed by atoms with Gasteiger partial charge in [0.15, 0.2) is 11.5 Å². The molecule has 1 amide bonds. The summed E-state index contributed by atoms with van der Waals surface area (Å²) in [6.07, 6.45) is 0.0158. The molecule has 0 aliphatic carbocycles. The topological polar surface area (TPSA) is 86.3 Å². The number of hydrogen-bond donors (Lipinski definition) is 0. The lowest BCUT2D eigenvalue weighted by molar-refractivity contribution is -0.131. The number of aromatic nitrogens is 4. The molecule has 3 aromatic rings. The Hall–Kier alpha value is -3.07. The first-order valence-corrected chi connectivity index (χ1v) is 8.44. The largest absolute Gasteiger partial charge is 0.377 e. The van der Waals surface area contributed by atoms with Gasteiger partial charge in [-0.25, -0.2) is 4.39 Å². The van der Waals surface area contributed by atoms with Crippen LogP contribution in [0.5, 0.6) is 0 Å². The lowest BCUT2D eigenvalue weighted by atomic mass is 10.1. The van der Waals surface area contributed by atoms with Crippen molar-refractivity contribution >= 4 is 5.91 Å². The summed E-state index contributed by atoms with van der Waals surface area (Å²) in [5, 5.41) is 8.30. The van der Waals surface area contributed by atoms with Gasteiger partial charge in [-0.05, 0) is 11.6 Å². The molecule has 9 heteroatoms. The van der Waals surface area contributed by atoms with E-state index in [0.29, 0.717) is 36.1 Å². The van der Waals surface area contributed by atoms with Crippen LogP contribution in [0.25, 0.3) is 11.6 Å². The molecule has 2 aromatic heterocycles. The van der Waals surface area contributed by atoms with Crippen LogP contribution in [0.4, 0.5) is 4.39 Å². The molecule has 8 nitrogen and oxygen atoms in total. The molecule has 1 aliphatic rings. The molecule has 4 rings (SSSR count). The minimum Gasteiger partial charge on any atom is -0.377 e. The zero-order valence-corrected chi connectivity index (χ0v) is 15.0. The van der Waals surface area contributed by atoms with Gasteiger partial charge in [0, 0.05) is 19.7 Å². The molecular formula is C18H18FN5O3. The number of carbonyl (C=O) groups excluding carboxylic acids is 1. The van der Waals surface area contributed by atoms with Gasteiger partial charge in [0.1, 0.15) is 12.4 Å². The minimum atomic E-state index is -0.374. The van der Waals surface area contributed by atoms with Crippen molar-refractivity contribution in [2.45, 2.75) is 26.1 Å². The number of hydrogen-bond acceptors (Lipinski definition) is 6. The number of halogens is 1. The van der Waals surface area contributed by atoms with Crippen LogP contribution in [0.15, 0.2) is 28.8 Å². The molecule has 0 radical (unpaired) electrons. The summed E-state index contributed by atoms with van der Waals surface area (Å²) in [5.74, 6) is 0.203. The number of nitrogens with zero attached hydrogens (tertiary/aromatic N) is 5. The van der Waals surface area contributed by atoms with Gasteiger partial charge in [0.2, 0.25) is 5.91 Å². The molecule has 0 saturated carbocycles. The summed E-state index contributed by atoms with van der Waals surface area (Å²) in [4.78, 5) is 18.6. The Morgan fingerprint density at radius 3 is 2.93 bits per heavy atom. The van der Waals surface area contributed by atoms with Gasteiger partial charge in [0.05, 0.1) is 25.2 Å². The second kappa shape index (κ2) is 6.92. The number of carbonyl (C=O) groups is 1. The van der Waals surface area contributed by atoms with E-state index in [2.05, 4.69) is 15.2 Å². The van der Waals surface area contributed by atoms with Crippen molar-refractivity contribution in [3.05, 3.63) is 52.7 Å². The molecule has 27 heavy (non-hydrogen) atoms. The Morgan fingerprint density at radius 2 is 2.15 bits per heavy atom. The van der Waals surface area contributed by atoms with Crippen molar-refractivity contribution in [2.24, 2.45) is 7.05 Å². The molecule has 0 unspecified atom stereocenters. The maximum absolute atomic E-state index is 13.8. The number of methoxy groups -OCH3 is 1. The minimum absolute atomic E-state index is 0.0158. The third kappa shape index (κ3) is 3.21. The predicted octanol–water partition coefficient (Wildman–Crippen LogP) is 1.84. The Labute approximate surface area is 154 Å². The van der Waals surface area contributed by atoms with E-state index in [1.165, 1.54) is 6.07 Å². The molecule has 1 aromatic carbocycles. The lowest BCUT2D eigenvalue weighted by Gasteiger charge is -2.16. The van der Waals surface area contributed by atoms with Gasteiger partial charge in [-0.3, -0.25) is 9.48 Å². The molecule has 0 bridgehead atoms. The third-order valence-corrected chi connectivity index (χ3v) is 4.56. The summed E-state index contributed by atoms with van der Waals surface area (Å²) < 4.78 is 25.8. The summed E-state index contributed by atoms with van der Waals surface area (Å²) in [7, 11) is 3.35. The zero-order chi connectivity index (χ0) is 19.0. The average molecular weight is 371 g/mol. The van der Waals surface area contributed by atoms with Gasteiger partial charge in [0.25, 0.3) is 5.89 Å². The van der Waals surface area contributed by atoms with E-state index in [1.807, 2.05) is 0 Å². The second-order valence-corrected chi connectivity index (χ2v) is 6.36. The Bertz CT molecular complexity index is 997. The number of aryl methyl sites for hydroxylation is 1.